The summed E-state index contributed by atoms with van der Waals surface area (Å²) < 4.78 is 8.44. The van der Waals surface area contributed by atoms with Gasteiger partial charge in [0.05, 0.1) is 27.5 Å². The highest BCUT2D eigenvalue weighted by Crippen LogP contribution is 2.23. The Bertz CT molecular complexity index is 1230. The third-order valence-electron chi connectivity index (χ3n) is 4.34. The smallest absolute Gasteiger partial charge is 0.325 e. The molecule has 4 aromatic rings. The third-order valence-corrected chi connectivity index (χ3v) is 6.41. The van der Waals surface area contributed by atoms with Crippen molar-refractivity contribution in [1.82, 2.24) is 9.55 Å². The number of thiazole rings is 2. The second-order valence-corrected chi connectivity index (χ2v) is 8.15. The average Bonchev–Trinajstić information content (AvgIpc) is 3.29. The molecule has 0 aliphatic rings. The number of carbonyl (C=O) groups excluding carboxylic acids is 2. The number of rotatable bonds is 4. The van der Waals surface area contributed by atoms with Crippen molar-refractivity contribution in [2.45, 2.75) is 19.9 Å². The summed E-state index contributed by atoms with van der Waals surface area (Å²) in [7, 11) is 1.34. The number of methoxy groups -OCH3 is 1. The van der Waals surface area contributed by atoms with Crippen LogP contribution in [0.1, 0.15) is 22.3 Å². The van der Waals surface area contributed by atoms with E-state index < -0.39 is 11.9 Å². The summed E-state index contributed by atoms with van der Waals surface area (Å²) in [6.45, 7) is 2.08. The van der Waals surface area contributed by atoms with Crippen molar-refractivity contribution in [3.8, 4) is 0 Å². The number of benzene rings is 2. The molecule has 4 rings (SSSR count). The molecule has 142 valence electrons. The van der Waals surface area contributed by atoms with Crippen molar-refractivity contribution in [2.75, 3.05) is 7.11 Å². The standard InChI is InChI=1S/C20H17N3O3S2/c1-3-12-8-9-14-16(10-12)28-20(23(14)11-17(24)26-2)22-18(25)19-21-13-6-4-5-7-15(13)27-19/h4-10H,3,11H2,1-2H3. The first-order valence-corrected chi connectivity index (χ1v) is 10.4. The number of esters is 1. The van der Waals surface area contributed by atoms with Gasteiger partial charge in [-0.1, -0.05) is 36.5 Å². The highest BCUT2D eigenvalue weighted by atomic mass is 32.1. The second kappa shape index (κ2) is 7.65. The van der Waals surface area contributed by atoms with Crippen LogP contribution in [0, 0.1) is 0 Å². The van der Waals surface area contributed by atoms with Crippen LogP contribution >= 0.6 is 22.7 Å². The quantitative estimate of drug-likeness (QED) is 0.479. The van der Waals surface area contributed by atoms with Crippen LogP contribution in [0.25, 0.3) is 20.4 Å². The zero-order valence-electron chi connectivity index (χ0n) is 15.3. The van der Waals surface area contributed by atoms with Gasteiger partial charge in [-0.05, 0) is 36.2 Å². The Labute approximate surface area is 168 Å². The Morgan fingerprint density at radius 1 is 1.14 bits per heavy atom. The Hall–Kier alpha value is -2.84. The average molecular weight is 412 g/mol. The Balaban J connectivity index is 1.84. The van der Waals surface area contributed by atoms with Gasteiger partial charge in [0.15, 0.2) is 9.81 Å². The fraction of sp³-hybridized carbons (Fsp3) is 0.200. The minimum atomic E-state index is -0.415. The molecule has 0 aliphatic heterocycles. The van der Waals surface area contributed by atoms with Crippen molar-refractivity contribution in [2.24, 2.45) is 4.99 Å². The Kier molecular flexibility index (Phi) is 5.06. The maximum Gasteiger partial charge on any atom is 0.325 e. The predicted octanol–water partition coefficient (Wildman–Crippen LogP) is 3.79. The lowest BCUT2D eigenvalue weighted by Crippen LogP contribution is -2.22. The Morgan fingerprint density at radius 3 is 2.71 bits per heavy atom. The van der Waals surface area contributed by atoms with Crippen molar-refractivity contribution < 1.29 is 14.3 Å². The van der Waals surface area contributed by atoms with E-state index in [0.717, 1.165) is 26.9 Å². The van der Waals surface area contributed by atoms with E-state index in [1.54, 1.807) is 4.57 Å². The molecule has 0 N–H and O–H groups in total. The maximum absolute atomic E-state index is 12.7. The van der Waals surface area contributed by atoms with Gasteiger partial charge >= 0.3 is 11.9 Å². The van der Waals surface area contributed by atoms with Crippen LogP contribution < -0.4 is 4.80 Å². The number of aromatic nitrogens is 2. The molecule has 0 radical (unpaired) electrons. The van der Waals surface area contributed by atoms with E-state index in [0.29, 0.717) is 9.81 Å². The number of aryl methyl sites for hydroxylation is 1. The maximum atomic E-state index is 12.7. The molecular formula is C20H17N3O3S2. The van der Waals surface area contributed by atoms with E-state index in [4.69, 9.17) is 4.74 Å². The van der Waals surface area contributed by atoms with Gasteiger partial charge in [0.25, 0.3) is 0 Å². The van der Waals surface area contributed by atoms with Gasteiger partial charge in [-0.2, -0.15) is 4.99 Å². The minimum absolute atomic E-state index is 0.00602. The fourth-order valence-corrected chi connectivity index (χ4v) is 4.81. The van der Waals surface area contributed by atoms with Crippen LogP contribution in [0.5, 0.6) is 0 Å². The molecule has 0 aliphatic carbocycles. The monoisotopic (exact) mass is 411 g/mol. The number of hydrogen-bond acceptors (Lipinski definition) is 6. The molecule has 6 nitrogen and oxygen atoms in total. The molecule has 1 amide bonds. The number of ether oxygens (including phenoxy) is 1. The van der Waals surface area contributed by atoms with E-state index >= 15 is 0 Å². The van der Waals surface area contributed by atoms with Gasteiger partial charge in [-0.25, -0.2) is 4.98 Å². The lowest BCUT2D eigenvalue weighted by atomic mass is 10.2. The van der Waals surface area contributed by atoms with Crippen molar-refractivity contribution in [1.29, 1.82) is 0 Å². The molecule has 2 aromatic heterocycles. The number of carbonyl (C=O) groups is 2. The topological polar surface area (TPSA) is 73.5 Å². The molecule has 0 fully saturated rings. The van der Waals surface area contributed by atoms with Crippen molar-refractivity contribution in [3.05, 3.63) is 57.8 Å². The molecular weight excluding hydrogens is 394 g/mol. The molecule has 8 heteroatoms. The van der Waals surface area contributed by atoms with Crippen LogP contribution in [0.2, 0.25) is 0 Å². The summed E-state index contributed by atoms with van der Waals surface area (Å²) in [6.07, 6.45) is 0.905. The molecule has 0 saturated heterocycles. The first kappa shape index (κ1) is 18.5. The molecule has 0 saturated carbocycles. The summed E-state index contributed by atoms with van der Waals surface area (Å²) in [4.78, 5) is 33.8. The van der Waals surface area contributed by atoms with Crippen molar-refractivity contribution >= 4 is 55.0 Å². The Morgan fingerprint density at radius 2 is 1.96 bits per heavy atom. The fourth-order valence-electron chi connectivity index (χ4n) is 2.87. The molecule has 2 aromatic carbocycles. The molecule has 2 heterocycles. The number of hydrogen-bond donors (Lipinski definition) is 0. The van der Waals surface area contributed by atoms with E-state index in [1.165, 1.54) is 35.3 Å². The number of fused-ring (bicyclic) bond motifs is 2. The molecule has 0 spiro atoms. The number of amides is 1. The predicted molar refractivity (Wildman–Crippen MR) is 111 cm³/mol. The molecule has 0 atom stereocenters. The molecule has 28 heavy (non-hydrogen) atoms. The zero-order valence-corrected chi connectivity index (χ0v) is 17.0. The van der Waals surface area contributed by atoms with Gasteiger partial charge in [0.2, 0.25) is 0 Å². The van der Waals surface area contributed by atoms with Gasteiger partial charge in [0, 0.05) is 0 Å². The zero-order chi connectivity index (χ0) is 19.7. The van der Waals surface area contributed by atoms with E-state index in [1.807, 2.05) is 36.4 Å². The van der Waals surface area contributed by atoms with Crippen LogP contribution in [-0.4, -0.2) is 28.5 Å². The van der Waals surface area contributed by atoms with Crippen molar-refractivity contribution in [3.63, 3.8) is 0 Å². The highest BCUT2D eigenvalue weighted by Gasteiger charge is 2.15. The van der Waals surface area contributed by atoms with E-state index in [-0.39, 0.29) is 6.54 Å². The lowest BCUT2D eigenvalue weighted by molar-refractivity contribution is -0.141. The van der Waals surface area contributed by atoms with E-state index in [9.17, 15) is 9.59 Å². The summed E-state index contributed by atoms with van der Waals surface area (Å²) in [6, 6.07) is 13.6. The summed E-state index contributed by atoms with van der Waals surface area (Å²) >= 11 is 2.69. The largest absolute Gasteiger partial charge is 0.468 e. The van der Waals surface area contributed by atoms with Gasteiger partial charge in [0.1, 0.15) is 6.54 Å². The third kappa shape index (κ3) is 3.48. The molecule has 0 unspecified atom stereocenters. The minimum Gasteiger partial charge on any atom is -0.468 e. The summed E-state index contributed by atoms with van der Waals surface area (Å²) in [5.74, 6) is -0.810. The van der Waals surface area contributed by atoms with Gasteiger partial charge in [-0.3, -0.25) is 9.59 Å². The van der Waals surface area contributed by atoms with Crippen LogP contribution in [0.4, 0.5) is 0 Å². The normalized spacial score (nSPS) is 12.0. The summed E-state index contributed by atoms with van der Waals surface area (Å²) in [5, 5.41) is 0.331. The second-order valence-electron chi connectivity index (χ2n) is 6.11. The van der Waals surface area contributed by atoms with Gasteiger partial charge < -0.3 is 9.30 Å². The first-order chi connectivity index (χ1) is 13.6. The number of para-hydroxylation sites is 1. The van der Waals surface area contributed by atoms with E-state index in [2.05, 4.69) is 23.0 Å². The number of nitrogens with zero attached hydrogens (tertiary/aromatic N) is 3. The lowest BCUT2D eigenvalue weighted by Gasteiger charge is -2.04. The molecule has 0 bridgehead atoms. The van der Waals surface area contributed by atoms with Crippen LogP contribution in [0.3, 0.4) is 0 Å². The first-order valence-electron chi connectivity index (χ1n) is 8.72. The summed E-state index contributed by atoms with van der Waals surface area (Å²) in [5.41, 5.74) is 2.81. The highest BCUT2D eigenvalue weighted by molar-refractivity contribution is 7.20. The SMILES string of the molecule is CCc1ccc2c(c1)sc(=NC(=O)c1nc3ccccc3s1)n2CC(=O)OC. The van der Waals surface area contributed by atoms with Crippen LogP contribution in [-0.2, 0) is 22.5 Å². The van der Waals surface area contributed by atoms with Gasteiger partial charge in [-0.15, -0.1) is 11.3 Å². The van der Waals surface area contributed by atoms with Crippen LogP contribution in [0.15, 0.2) is 47.5 Å².